The van der Waals surface area contributed by atoms with Crippen molar-refractivity contribution < 1.29 is 25.2 Å². The third-order valence-corrected chi connectivity index (χ3v) is 9.00. The fraction of sp³-hybridized carbons (Fsp3) is 0.875. The molecule has 190 valence electrons. The SMILES string of the molecule is CC(=O)N[C@@H]1[C@@H](O)[C@H](O)[C@@H](CO)N(CCc2cn(CC34CC5CC(CC(C5)C3)C4)nn2)[C@H]1CO. The standard InChI is InChI=1S/C24H39N5O5/c1-14(32)25-21-19(11-30)29(20(12-31)22(33)23(21)34)3-2-18-10-28(27-26-18)13-24-7-15-4-16(8-24)6-17(5-15)9-24/h10,15-17,19-23,30-31,33-34H,2-9,11-13H2,1H3,(H,25,32)/t15?,16?,17?,19-,20+,21-,22+,23+,24?/m0/s1. The average Bonchev–Trinajstić information content (AvgIpc) is 3.21. The first kappa shape index (κ1) is 24.1. The minimum absolute atomic E-state index is 0.329. The summed E-state index contributed by atoms with van der Waals surface area (Å²) in [7, 11) is 0. The molecule has 1 aromatic rings. The molecule has 6 rings (SSSR count). The Morgan fingerprint density at radius 3 is 2.24 bits per heavy atom. The summed E-state index contributed by atoms with van der Waals surface area (Å²) >= 11 is 0. The highest BCUT2D eigenvalue weighted by Gasteiger charge is 2.51. The molecule has 4 bridgehead atoms. The number of aromatic nitrogens is 3. The van der Waals surface area contributed by atoms with Crippen LogP contribution in [0.5, 0.6) is 0 Å². The van der Waals surface area contributed by atoms with Crippen LogP contribution in [0.4, 0.5) is 0 Å². The second-order valence-electron chi connectivity index (χ2n) is 11.5. The molecule has 1 aliphatic heterocycles. The van der Waals surface area contributed by atoms with Crippen LogP contribution in [-0.4, -0.2) is 96.3 Å². The van der Waals surface area contributed by atoms with E-state index in [1.54, 1.807) is 4.90 Å². The molecule has 5 atom stereocenters. The molecule has 5 N–H and O–H groups in total. The fourth-order valence-electron chi connectivity index (χ4n) is 8.10. The molecule has 1 aromatic heterocycles. The van der Waals surface area contributed by atoms with Gasteiger partial charge < -0.3 is 25.7 Å². The molecule has 1 amide bonds. The summed E-state index contributed by atoms with van der Waals surface area (Å²) in [6, 6.07) is -2.23. The zero-order valence-electron chi connectivity index (χ0n) is 20.0. The van der Waals surface area contributed by atoms with Crippen LogP contribution in [0.15, 0.2) is 6.20 Å². The summed E-state index contributed by atoms with van der Waals surface area (Å²) in [4.78, 5) is 13.4. The highest BCUT2D eigenvalue weighted by Crippen LogP contribution is 2.60. The van der Waals surface area contributed by atoms with Crippen molar-refractivity contribution in [3.05, 3.63) is 11.9 Å². The maximum atomic E-state index is 11.7. The lowest BCUT2D eigenvalue weighted by Gasteiger charge is -2.56. The summed E-state index contributed by atoms with van der Waals surface area (Å²) in [5.41, 5.74) is 1.18. The lowest BCUT2D eigenvalue weighted by molar-refractivity contribution is -0.144. The molecular weight excluding hydrogens is 438 g/mol. The van der Waals surface area contributed by atoms with Crippen molar-refractivity contribution in [2.24, 2.45) is 23.2 Å². The quantitative estimate of drug-likeness (QED) is 0.331. The molecule has 4 aliphatic carbocycles. The number of amides is 1. The van der Waals surface area contributed by atoms with Gasteiger partial charge in [0, 0.05) is 32.6 Å². The van der Waals surface area contributed by atoms with Gasteiger partial charge in [-0.2, -0.15) is 0 Å². The lowest BCUT2D eigenvalue weighted by atomic mass is 9.49. The number of carbonyl (C=O) groups is 1. The van der Waals surface area contributed by atoms with E-state index in [2.05, 4.69) is 15.6 Å². The van der Waals surface area contributed by atoms with Crippen molar-refractivity contribution >= 4 is 5.91 Å². The molecule has 2 heterocycles. The van der Waals surface area contributed by atoms with E-state index >= 15 is 0 Å². The summed E-state index contributed by atoms with van der Waals surface area (Å²) < 4.78 is 1.99. The highest BCUT2D eigenvalue weighted by atomic mass is 16.3. The van der Waals surface area contributed by atoms with E-state index in [0.29, 0.717) is 18.4 Å². The predicted molar refractivity (Wildman–Crippen MR) is 122 cm³/mol. The molecule has 0 aromatic carbocycles. The summed E-state index contributed by atoms with van der Waals surface area (Å²) in [6.45, 7) is 1.94. The molecule has 34 heavy (non-hydrogen) atoms. The van der Waals surface area contributed by atoms with E-state index in [1.807, 2.05) is 10.9 Å². The van der Waals surface area contributed by atoms with E-state index in [0.717, 1.165) is 30.0 Å². The number of hydrogen-bond donors (Lipinski definition) is 5. The Morgan fingerprint density at radius 1 is 1.06 bits per heavy atom. The Morgan fingerprint density at radius 2 is 1.68 bits per heavy atom. The van der Waals surface area contributed by atoms with Gasteiger partial charge in [0.15, 0.2) is 0 Å². The molecule has 4 saturated carbocycles. The van der Waals surface area contributed by atoms with Gasteiger partial charge in [-0.1, -0.05) is 5.21 Å². The van der Waals surface area contributed by atoms with Gasteiger partial charge in [0.1, 0.15) is 6.10 Å². The average molecular weight is 478 g/mol. The third-order valence-electron chi connectivity index (χ3n) is 9.00. The number of hydrogen-bond acceptors (Lipinski definition) is 8. The maximum Gasteiger partial charge on any atom is 0.217 e. The number of nitrogens with zero attached hydrogens (tertiary/aromatic N) is 4. The fourth-order valence-corrected chi connectivity index (χ4v) is 8.10. The second-order valence-corrected chi connectivity index (χ2v) is 11.5. The van der Waals surface area contributed by atoms with Gasteiger partial charge in [0.05, 0.1) is 43.1 Å². The lowest BCUT2D eigenvalue weighted by Crippen LogP contribution is -2.72. The van der Waals surface area contributed by atoms with Gasteiger partial charge in [0.2, 0.25) is 5.91 Å². The van der Waals surface area contributed by atoms with E-state index in [9.17, 15) is 25.2 Å². The van der Waals surface area contributed by atoms with E-state index < -0.39 is 30.3 Å². The van der Waals surface area contributed by atoms with Crippen molar-refractivity contribution in [2.45, 2.75) is 88.7 Å². The van der Waals surface area contributed by atoms with E-state index in [1.165, 1.54) is 45.4 Å². The van der Waals surface area contributed by atoms with Crippen molar-refractivity contribution in [3.8, 4) is 0 Å². The van der Waals surface area contributed by atoms with Gasteiger partial charge in [-0.15, -0.1) is 5.10 Å². The minimum Gasteiger partial charge on any atom is -0.395 e. The molecule has 10 nitrogen and oxygen atoms in total. The summed E-state index contributed by atoms with van der Waals surface area (Å²) in [5.74, 6) is 2.30. The number of nitrogens with one attached hydrogen (secondary N) is 1. The Hall–Kier alpha value is -1.59. The number of carbonyl (C=O) groups excluding carboxylic acids is 1. The zero-order valence-corrected chi connectivity index (χ0v) is 20.0. The Labute approximate surface area is 200 Å². The van der Waals surface area contributed by atoms with Crippen LogP contribution in [0.25, 0.3) is 0 Å². The van der Waals surface area contributed by atoms with Gasteiger partial charge in [-0.05, 0) is 61.7 Å². The Balaban J connectivity index is 1.25. The molecule has 5 fully saturated rings. The summed E-state index contributed by atoms with van der Waals surface area (Å²) in [6.07, 6.45) is 8.15. The number of piperidine rings is 1. The number of aliphatic hydroxyl groups excluding tert-OH is 4. The molecular formula is C24H39N5O5. The van der Waals surface area contributed by atoms with Crippen molar-refractivity contribution in [2.75, 3.05) is 19.8 Å². The van der Waals surface area contributed by atoms with Gasteiger partial charge in [-0.3, -0.25) is 14.4 Å². The van der Waals surface area contributed by atoms with Crippen LogP contribution < -0.4 is 5.32 Å². The van der Waals surface area contributed by atoms with Crippen molar-refractivity contribution in [1.29, 1.82) is 0 Å². The molecule has 1 saturated heterocycles. The number of likely N-dealkylation sites (tertiary alicyclic amines) is 1. The molecule has 10 heteroatoms. The van der Waals surface area contributed by atoms with Crippen molar-refractivity contribution in [1.82, 2.24) is 25.2 Å². The monoisotopic (exact) mass is 477 g/mol. The van der Waals surface area contributed by atoms with E-state index in [4.69, 9.17) is 0 Å². The first-order chi connectivity index (χ1) is 16.3. The van der Waals surface area contributed by atoms with Crippen LogP contribution in [0.2, 0.25) is 0 Å². The first-order valence-electron chi connectivity index (χ1n) is 12.8. The Kier molecular flexibility index (Phi) is 6.71. The van der Waals surface area contributed by atoms with Crippen LogP contribution in [0.3, 0.4) is 0 Å². The van der Waals surface area contributed by atoms with Crippen molar-refractivity contribution in [3.63, 3.8) is 0 Å². The largest absolute Gasteiger partial charge is 0.395 e. The number of rotatable bonds is 8. The minimum atomic E-state index is -1.28. The second kappa shape index (κ2) is 9.46. The molecule has 5 aliphatic rings. The van der Waals surface area contributed by atoms with Gasteiger partial charge in [0.25, 0.3) is 0 Å². The van der Waals surface area contributed by atoms with Crippen LogP contribution in [-0.2, 0) is 17.8 Å². The zero-order chi connectivity index (χ0) is 24.0. The molecule has 0 radical (unpaired) electrons. The topological polar surface area (TPSA) is 144 Å². The van der Waals surface area contributed by atoms with E-state index in [-0.39, 0.29) is 19.1 Å². The first-order valence-corrected chi connectivity index (χ1v) is 12.8. The summed E-state index contributed by atoms with van der Waals surface area (Å²) in [5, 5.41) is 52.5. The number of aliphatic hydroxyl groups is 4. The Bertz CT molecular complexity index is 842. The third kappa shape index (κ3) is 4.51. The predicted octanol–water partition coefficient (Wildman–Crippen LogP) is -0.699. The normalized spacial score (nSPS) is 41.7. The molecule has 0 unspecified atom stereocenters. The van der Waals surface area contributed by atoms with Gasteiger partial charge in [-0.25, -0.2) is 0 Å². The van der Waals surface area contributed by atoms with Crippen LogP contribution >= 0.6 is 0 Å². The van der Waals surface area contributed by atoms with Crippen LogP contribution in [0, 0.1) is 23.2 Å². The molecule has 0 spiro atoms. The maximum absolute atomic E-state index is 11.7. The smallest absolute Gasteiger partial charge is 0.217 e. The van der Waals surface area contributed by atoms with Crippen LogP contribution in [0.1, 0.15) is 51.1 Å². The van der Waals surface area contributed by atoms with Gasteiger partial charge >= 0.3 is 0 Å². The highest BCUT2D eigenvalue weighted by molar-refractivity contribution is 5.73.